The van der Waals surface area contributed by atoms with Gasteiger partial charge in [-0.15, -0.1) is 0 Å². The van der Waals surface area contributed by atoms with Gasteiger partial charge in [0.05, 0.1) is 19.3 Å². The largest absolute Gasteiger partial charge is 0.495 e. The van der Waals surface area contributed by atoms with Gasteiger partial charge in [0.15, 0.2) is 0 Å². The Bertz CT molecular complexity index is 523. The van der Waals surface area contributed by atoms with Gasteiger partial charge in [0.1, 0.15) is 5.75 Å². The van der Waals surface area contributed by atoms with Crippen LogP contribution >= 0.6 is 0 Å². The van der Waals surface area contributed by atoms with Gasteiger partial charge in [-0.2, -0.15) is 0 Å². The Morgan fingerprint density at radius 1 is 1.22 bits per heavy atom. The van der Waals surface area contributed by atoms with Crippen molar-refractivity contribution in [1.82, 2.24) is 10.2 Å². The number of rotatable bonds is 7. The molecule has 0 bridgehead atoms. The van der Waals surface area contributed by atoms with E-state index in [-0.39, 0.29) is 5.91 Å². The lowest BCUT2D eigenvalue weighted by atomic mass is 10.0. The molecule has 126 valence electrons. The van der Waals surface area contributed by atoms with Crippen molar-refractivity contribution in [2.24, 2.45) is 5.92 Å². The number of nitrogens with one attached hydrogen (secondary N) is 2. The van der Waals surface area contributed by atoms with Crippen LogP contribution in [-0.4, -0.2) is 50.1 Å². The smallest absolute Gasteiger partial charge is 0.241 e. The minimum absolute atomic E-state index is 0.163. The predicted molar refractivity (Wildman–Crippen MR) is 91.8 cm³/mol. The van der Waals surface area contributed by atoms with E-state index in [1.54, 1.807) is 7.11 Å². The van der Waals surface area contributed by atoms with Crippen molar-refractivity contribution >= 4 is 11.6 Å². The second kappa shape index (κ2) is 7.68. The molecule has 5 nitrogen and oxygen atoms in total. The summed E-state index contributed by atoms with van der Waals surface area (Å²) in [6.45, 7) is 3.19. The summed E-state index contributed by atoms with van der Waals surface area (Å²) in [5, 5.41) is 6.83. The number of piperidine rings is 1. The molecule has 23 heavy (non-hydrogen) atoms. The molecule has 2 aliphatic rings. The van der Waals surface area contributed by atoms with Crippen LogP contribution in [0.5, 0.6) is 5.75 Å². The van der Waals surface area contributed by atoms with Crippen molar-refractivity contribution in [3.8, 4) is 5.75 Å². The molecule has 0 atom stereocenters. The third-order valence-corrected chi connectivity index (χ3v) is 4.78. The van der Waals surface area contributed by atoms with E-state index in [4.69, 9.17) is 4.74 Å². The van der Waals surface area contributed by atoms with E-state index in [9.17, 15) is 4.79 Å². The van der Waals surface area contributed by atoms with Crippen molar-refractivity contribution < 1.29 is 9.53 Å². The Balaban J connectivity index is 1.40. The Hall–Kier alpha value is -1.75. The molecular formula is C18H27N3O2. The topological polar surface area (TPSA) is 53.6 Å². The molecule has 1 aromatic rings. The Labute approximate surface area is 138 Å². The number of carbonyl (C=O) groups is 1. The zero-order chi connectivity index (χ0) is 16.1. The zero-order valence-electron chi connectivity index (χ0n) is 13.9. The summed E-state index contributed by atoms with van der Waals surface area (Å²) in [5.74, 6) is 1.85. The molecule has 2 N–H and O–H groups in total. The molecule has 0 aromatic heterocycles. The molecule has 0 unspecified atom stereocenters. The molecule has 1 aromatic carbocycles. The Kier molecular flexibility index (Phi) is 5.39. The molecule has 1 amide bonds. The Morgan fingerprint density at radius 2 is 1.96 bits per heavy atom. The van der Waals surface area contributed by atoms with Crippen molar-refractivity contribution in [2.75, 3.05) is 38.6 Å². The van der Waals surface area contributed by atoms with Crippen LogP contribution in [0.25, 0.3) is 0 Å². The monoisotopic (exact) mass is 317 g/mol. The first-order valence-electron chi connectivity index (χ1n) is 8.64. The molecule has 1 aliphatic carbocycles. The van der Waals surface area contributed by atoms with E-state index in [2.05, 4.69) is 10.6 Å². The fourth-order valence-electron chi connectivity index (χ4n) is 3.06. The quantitative estimate of drug-likeness (QED) is 0.809. The van der Waals surface area contributed by atoms with Gasteiger partial charge in [0.2, 0.25) is 5.91 Å². The van der Waals surface area contributed by atoms with Crippen LogP contribution in [0.15, 0.2) is 24.3 Å². The molecule has 5 heteroatoms. The summed E-state index contributed by atoms with van der Waals surface area (Å²) < 4.78 is 5.29. The predicted octanol–water partition coefficient (Wildman–Crippen LogP) is 2.10. The number of methoxy groups -OCH3 is 1. The molecule has 1 saturated heterocycles. The number of carbonyl (C=O) groups excluding carboxylic acids is 1. The summed E-state index contributed by atoms with van der Waals surface area (Å²) in [4.78, 5) is 14.3. The first-order chi connectivity index (χ1) is 11.3. The van der Waals surface area contributed by atoms with Gasteiger partial charge in [-0.05, 0) is 50.3 Å². The van der Waals surface area contributed by atoms with Crippen LogP contribution < -0.4 is 15.4 Å². The fourth-order valence-corrected chi connectivity index (χ4v) is 3.06. The van der Waals surface area contributed by atoms with Gasteiger partial charge < -0.3 is 20.3 Å². The highest BCUT2D eigenvalue weighted by Crippen LogP contribution is 2.28. The molecular weight excluding hydrogens is 290 g/mol. The van der Waals surface area contributed by atoms with E-state index in [0.29, 0.717) is 12.6 Å². The highest BCUT2D eigenvalue weighted by molar-refractivity contribution is 5.81. The summed E-state index contributed by atoms with van der Waals surface area (Å²) in [7, 11) is 1.64. The number of likely N-dealkylation sites (tertiary alicyclic amines) is 1. The summed E-state index contributed by atoms with van der Waals surface area (Å²) in [6, 6.07) is 8.27. The molecule has 1 heterocycles. The molecule has 2 fully saturated rings. The summed E-state index contributed by atoms with van der Waals surface area (Å²) >= 11 is 0. The number of hydrogen-bond acceptors (Lipinski definition) is 4. The molecule has 0 radical (unpaired) electrons. The minimum Gasteiger partial charge on any atom is -0.495 e. The van der Waals surface area contributed by atoms with Crippen LogP contribution in [0.2, 0.25) is 0 Å². The zero-order valence-corrected chi connectivity index (χ0v) is 13.9. The first kappa shape index (κ1) is 16.1. The minimum atomic E-state index is 0.163. The van der Waals surface area contributed by atoms with Crippen LogP contribution in [0.1, 0.15) is 25.7 Å². The van der Waals surface area contributed by atoms with Gasteiger partial charge in [-0.1, -0.05) is 12.1 Å². The number of nitrogens with zero attached hydrogens (tertiary/aromatic N) is 1. The molecule has 0 spiro atoms. The molecule has 1 saturated carbocycles. The van der Waals surface area contributed by atoms with Gasteiger partial charge >= 0.3 is 0 Å². The number of anilines is 1. The third kappa shape index (κ3) is 4.61. The second-order valence-electron chi connectivity index (χ2n) is 6.56. The first-order valence-corrected chi connectivity index (χ1v) is 8.64. The van der Waals surface area contributed by atoms with E-state index < -0.39 is 0 Å². The van der Waals surface area contributed by atoms with Crippen LogP contribution in [0, 0.1) is 5.92 Å². The lowest BCUT2D eigenvalue weighted by molar-refractivity contribution is -0.130. The van der Waals surface area contributed by atoms with E-state index in [1.165, 1.54) is 12.8 Å². The highest BCUT2D eigenvalue weighted by atomic mass is 16.5. The molecule has 1 aliphatic heterocycles. The average molecular weight is 317 g/mol. The third-order valence-electron chi connectivity index (χ3n) is 4.78. The van der Waals surface area contributed by atoms with E-state index >= 15 is 0 Å². The number of amides is 1. The van der Waals surface area contributed by atoms with Crippen LogP contribution in [0.3, 0.4) is 0 Å². The summed E-state index contributed by atoms with van der Waals surface area (Å²) in [5.41, 5.74) is 0.865. The highest BCUT2D eigenvalue weighted by Gasteiger charge is 2.25. The van der Waals surface area contributed by atoms with Crippen LogP contribution in [-0.2, 0) is 4.79 Å². The second-order valence-corrected chi connectivity index (χ2v) is 6.56. The lowest BCUT2D eigenvalue weighted by Gasteiger charge is -2.32. The van der Waals surface area contributed by atoms with Crippen LogP contribution in [0.4, 0.5) is 5.69 Å². The number of para-hydroxylation sites is 2. The average Bonchev–Trinajstić information content (AvgIpc) is 3.43. The van der Waals surface area contributed by atoms with E-state index in [1.807, 2.05) is 29.2 Å². The number of hydrogen-bond donors (Lipinski definition) is 2. The maximum atomic E-state index is 12.4. The SMILES string of the molecule is COc1ccccc1NCC(=O)N1CCC(NCC2CC2)CC1. The number of benzene rings is 1. The Morgan fingerprint density at radius 3 is 2.65 bits per heavy atom. The van der Waals surface area contributed by atoms with Gasteiger partial charge in [0.25, 0.3) is 0 Å². The van der Waals surface area contributed by atoms with Crippen molar-refractivity contribution in [2.45, 2.75) is 31.7 Å². The van der Waals surface area contributed by atoms with Gasteiger partial charge in [0, 0.05) is 19.1 Å². The maximum Gasteiger partial charge on any atom is 0.241 e. The maximum absolute atomic E-state index is 12.4. The van der Waals surface area contributed by atoms with Crippen molar-refractivity contribution in [1.29, 1.82) is 0 Å². The molecule has 3 rings (SSSR count). The standard InChI is InChI=1S/C18H27N3O2/c1-23-17-5-3-2-4-16(17)20-13-18(22)21-10-8-15(9-11-21)19-12-14-6-7-14/h2-5,14-15,19-20H,6-13H2,1H3. The normalized spacial score (nSPS) is 18.7. The lowest BCUT2D eigenvalue weighted by Crippen LogP contribution is -2.46. The number of ether oxygens (including phenoxy) is 1. The van der Waals surface area contributed by atoms with Crippen molar-refractivity contribution in [3.63, 3.8) is 0 Å². The van der Waals surface area contributed by atoms with Crippen molar-refractivity contribution in [3.05, 3.63) is 24.3 Å². The van der Waals surface area contributed by atoms with Gasteiger partial charge in [-0.3, -0.25) is 4.79 Å². The fraction of sp³-hybridized carbons (Fsp3) is 0.611. The van der Waals surface area contributed by atoms with E-state index in [0.717, 1.165) is 49.8 Å². The summed E-state index contributed by atoms with van der Waals surface area (Å²) in [6.07, 6.45) is 4.90. The van der Waals surface area contributed by atoms with Gasteiger partial charge in [-0.25, -0.2) is 0 Å².